The van der Waals surface area contributed by atoms with E-state index in [-0.39, 0.29) is 17.4 Å². The van der Waals surface area contributed by atoms with Crippen molar-refractivity contribution >= 4 is 5.91 Å². The van der Waals surface area contributed by atoms with Crippen LogP contribution >= 0.6 is 0 Å². The number of rotatable bonds is 8. The van der Waals surface area contributed by atoms with Crippen molar-refractivity contribution in [3.63, 3.8) is 0 Å². The van der Waals surface area contributed by atoms with E-state index >= 15 is 0 Å². The van der Waals surface area contributed by atoms with Crippen LogP contribution in [0.25, 0.3) is 0 Å². The van der Waals surface area contributed by atoms with Gasteiger partial charge >= 0.3 is 0 Å². The molecule has 1 amide bonds. The van der Waals surface area contributed by atoms with Crippen LogP contribution < -0.4 is 15.8 Å². The monoisotopic (exact) mass is 381 g/mol. The maximum atomic E-state index is 12.6. The Morgan fingerprint density at radius 1 is 1.21 bits per heavy atom. The summed E-state index contributed by atoms with van der Waals surface area (Å²) < 4.78 is 5.85. The lowest BCUT2D eigenvalue weighted by atomic mass is 9.71. The first-order chi connectivity index (χ1) is 13.6. The van der Waals surface area contributed by atoms with E-state index in [1.54, 1.807) is 6.20 Å². The smallest absolute Gasteiger partial charge is 0.221 e. The summed E-state index contributed by atoms with van der Waals surface area (Å²) in [7, 11) is 0. The number of aromatic nitrogens is 1. The highest BCUT2D eigenvalue weighted by molar-refractivity contribution is 5.77. The van der Waals surface area contributed by atoms with Crippen molar-refractivity contribution in [1.82, 2.24) is 10.3 Å². The van der Waals surface area contributed by atoms with Gasteiger partial charge in [0.2, 0.25) is 5.91 Å². The molecule has 150 valence electrons. The number of amides is 1. The number of nitrogens with two attached hydrogens (primary N) is 1. The molecule has 0 radical (unpaired) electrons. The van der Waals surface area contributed by atoms with Gasteiger partial charge in [-0.05, 0) is 61.6 Å². The zero-order chi connectivity index (χ0) is 19.8. The molecule has 1 aromatic heterocycles. The zero-order valence-electron chi connectivity index (χ0n) is 16.7. The second kappa shape index (κ2) is 9.69. The standard InChI is InChI=1S/C23H31N3O2/c1-18(26-22(27)15-23(17-24)11-4-2-5-12-23)19-8-7-10-21(14-19)28-16-20-9-3-6-13-25-20/h3,6-10,13-14,18H,2,4-5,11-12,15-17,24H2,1H3,(H,26,27). The molecule has 5 nitrogen and oxygen atoms in total. The molecule has 3 N–H and O–H groups in total. The van der Waals surface area contributed by atoms with Gasteiger partial charge in [0, 0.05) is 12.6 Å². The van der Waals surface area contributed by atoms with E-state index in [4.69, 9.17) is 10.5 Å². The van der Waals surface area contributed by atoms with Gasteiger partial charge in [-0.25, -0.2) is 0 Å². The molecule has 0 aliphatic heterocycles. The SMILES string of the molecule is CC(NC(=O)CC1(CN)CCCCC1)c1cccc(OCc2ccccn2)c1. The van der Waals surface area contributed by atoms with E-state index < -0.39 is 0 Å². The van der Waals surface area contributed by atoms with Gasteiger partial charge in [0.05, 0.1) is 11.7 Å². The largest absolute Gasteiger partial charge is 0.487 e. The molecule has 1 fully saturated rings. The quantitative estimate of drug-likeness (QED) is 0.720. The third-order valence-electron chi connectivity index (χ3n) is 5.73. The minimum atomic E-state index is -0.0793. The average Bonchev–Trinajstić information content (AvgIpc) is 2.74. The molecule has 1 aromatic carbocycles. The number of ether oxygens (including phenoxy) is 1. The number of benzene rings is 1. The fourth-order valence-corrected chi connectivity index (χ4v) is 3.99. The normalized spacial score (nSPS) is 16.9. The Morgan fingerprint density at radius 2 is 2.04 bits per heavy atom. The molecular weight excluding hydrogens is 350 g/mol. The number of pyridine rings is 1. The van der Waals surface area contributed by atoms with Gasteiger partial charge in [0.15, 0.2) is 0 Å². The van der Waals surface area contributed by atoms with Gasteiger partial charge in [-0.1, -0.05) is 37.5 Å². The molecule has 1 aliphatic rings. The highest BCUT2D eigenvalue weighted by Crippen LogP contribution is 2.38. The Bertz CT molecular complexity index is 757. The molecule has 0 bridgehead atoms. The predicted octanol–water partition coefficient (Wildman–Crippen LogP) is 4.14. The molecule has 1 saturated carbocycles. The summed E-state index contributed by atoms with van der Waals surface area (Å²) in [6, 6.07) is 13.6. The summed E-state index contributed by atoms with van der Waals surface area (Å²) in [6.45, 7) is 3.02. The zero-order valence-corrected chi connectivity index (χ0v) is 16.7. The number of hydrogen-bond acceptors (Lipinski definition) is 4. The molecule has 1 unspecified atom stereocenters. The van der Waals surface area contributed by atoms with Crippen LogP contribution in [0, 0.1) is 5.41 Å². The van der Waals surface area contributed by atoms with Crippen LogP contribution in [0.4, 0.5) is 0 Å². The van der Waals surface area contributed by atoms with E-state index in [0.29, 0.717) is 19.6 Å². The van der Waals surface area contributed by atoms with Gasteiger partial charge in [-0.2, -0.15) is 0 Å². The van der Waals surface area contributed by atoms with E-state index in [1.807, 2.05) is 49.4 Å². The highest BCUT2D eigenvalue weighted by Gasteiger charge is 2.33. The highest BCUT2D eigenvalue weighted by atomic mass is 16.5. The summed E-state index contributed by atoms with van der Waals surface area (Å²) in [5, 5.41) is 3.14. The fraction of sp³-hybridized carbons (Fsp3) is 0.478. The summed E-state index contributed by atoms with van der Waals surface area (Å²) >= 11 is 0. The van der Waals surface area contributed by atoms with Crippen LogP contribution in [0.5, 0.6) is 5.75 Å². The molecular formula is C23H31N3O2. The van der Waals surface area contributed by atoms with Crippen molar-refractivity contribution in [3.05, 3.63) is 59.9 Å². The third kappa shape index (κ3) is 5.55. The lowest BCUT2D eigenvalue weighted by molar-refractivity contribution is -0.124. The first-order valence-electron chi connectivity index (χ1n) is 10.2. The number of carbonyl (C=O) groups is 1. The lowest BCUT2D eigenvalue weighted by Gasteiger charge is -2.36. The molecule has 1 aliphatic carbocycles. The maximum Gasteiger partial charge on any atom is 0.221 e. The van der Waals surface area contributed by atoms with Gasteiger partial charge < -0.3 is 15.8 Å². The first kappa shape index (κ1) is 20.3. The molecule has 1 heterocycles. The van der Waals surface area contributed by atoms with Crippen LogP contribution in [-0.4, -0.2) is 17.4 Å². The van der Waals surface area contributed by atoms with Crippen LogP contribution in [-0.2, 0) is 11.4 Å². The number of nitrogens with zero attached hydrogens (tertiary/aromatic N) is 1. The molecule has 1 atom stereocenters. The van der Waals surface area contributed by atoms with Crippen molar-refractivity contribution in [1.29, 1.82) is 0 Å². The molecule has 0 saturated heterocycles. The topological polar surface area (TPSA) is 77.2 Å². The van der Waals surface area contributed by atoms with Crippen molar-refractivity contribution < 1.29 is 9.53 Å². The van der Waals surface area contributed by atoms with E-state index in [0.717, 1.165) is 29.8 Å². The third-order valence-corrected chi connectivity index (χ3v) is 5.73. The number of hydrogen-bond donors (Lipinski definition) is 2. The van der Waals surface area contributed by atoms with Crippen LogP contribution in [0.2, 0.25) is 0 Å². The Morgan fingerprint density at radius 3 is 2.75 bits per heavy atom. The van der Waals surface area contributed by atoms with E-state index in [2.05, 4.69) is 10.3 Å². The summed E-state index contributed by atoms with van der Waals surface area (Å²) in [5.74, 6) is 0.856. The molecule has 5 heteroatoms. The van der Waals surface area contributed by atoms with Crippen LogP contribution in [0.3, 0.4) is 0 Å². The second-order valence-electron chi connectivity index (χ2n) is 7.91. The summed E-state index contributed by atoms with van der Waals surface area (Å²) in [5.41, 5.74) is 7.92. The van der Waals surface area contributed by atoms with Crippen LogP contribution in [0.1, 0.15) is 62.7 Å². The van der Waals surface area contributed by atoms with E-state index in [9.17, 15) is 4.79 Å². The van der Waals surface area contributed by atoms with Crippen molar-refractivity contribution in [2.75, 3.05) is 6.54 Å². The van der Waals surface area contributed by atoms with Gasteiger partial charge in [-0.3, -0.25) is 9.78 Å². The first-order valence-corrected chi connectivity index (χ1v) is 10.2. The van der Waals surface area contributed by atoms with Crippen molar-refractivity contribution in [2.45, 2.75) is 58.1 Å². The predicted molar refractivity (Wildman–Crippen MR) is 111 cm³/mol. The minimum absolute atomic E-state index is 0.0182. The van der Waals surface area contributed by atoms with Crippen LogP contribution in [0.15, 0.2) is 48.7 Å². The number of nitrogens with one attached hydrogen (secondary N) is 1. The van der Waals surface area contributed by atoms with Crippen molar-refractivity contribution in [2.24, 2.45) is 11.1 Å². The lowest BCUT2D eigenvalue weighted by Crippen LogP contribution is -2.39. The van der Waals surface area contributed by atoms with Crippen molar-refractivity contribution in [3.8, 4) is 5.75 Å². The number of carbonyl (C=O) groups excluding carboxylic acids is 1. The minimum Gasteiger partial charge on any atom is -0.487 e. The maximum absolute atomic E-state index is 12.6. The Balaban J connectivity index is 1.56. The Hall–Kier alpha value is -2.40. The molecule has 2 aromatic rings. The fourth-order valence-electron chi connectivity index (χ4n) is 3.99. The average molecular weight is 382 g/mol. The summed E-state index contributed by atoms with van der Waals surface area (Å²) in [6.07, 6.45) is 8.00. The van der Waals surface area contributed by atoms with Gasteiger partial charge in [0.25, 0.3) is 0 Å². The van der Waals surface area contributed by atoms with Gasteiger partial charge in [0.1, 0.15) is 12.4 Å². The van der Waals surface area contributed by atoms with Gasteiger partial charge in [-0.15, -0.1) is 0 Å². The molecule has 0 spiro atoms. The van der Waals surface area contributed by atoms with E-state index in [1.165, 1.54) is 19.3 Å². The Kier molecular flexibility index (Phi) is 7.04. The second-order valence-corrected chi connectivity index (χ2v) is 7.91. The summed E-state index contributed by atoms with van der Waals surface area (Å²) in [4.78, 5) is 16.9. The molecule has 3 rings (SSSR count). The molecule has 28 heavy (non-hydrogen) atoms. The Labute approximate surface area is 167 Å².